The normalized spacial score (nSPS) is 20.2. The lowest BCUT2D eigenvalue weighted by Gasteiger charge is -2.33. The van der Waals surface area contributed by atoms with E-state index in [0.29, 0.717) is 19.5 Å². The lowest BCUT2D eigenvalue weighted by Crippen LogP contribution is -2.43. The van der Waals surface area contributed by atoms with Gasteiger partial charge in [0.2, 0.25) is 5.91 Å². The largest absolute Gasteiger partial charge is 0.396 e. The predicted octanol–water partition coefficient (Wildman–Crippen LogP) is 1.05. The van der Waals surface area contributed by atoms with Gasteiger partial charge in [0.1, 0.15) is 17.0 Å². The van der Waals surface area contributed by atoms with E-state index in [0.717, 1.165) is 49.5 Å². The summed E-state index contributed by atoms with van der Waals surface area (Å²) in [6.07, 6.45) is 5.15. The topological polar surface area (TPSA) is 90.4 Å². The molecule has 4 heterocycles. The van der Waals surface area contributed by atoms with Crippen LogP contribution in [0.2, 0.25) is 0 Å². The van der Waals surface area contributed by atoms with Gasteiger partial charge in [0.05, 0.1) is 11.3 Å². The molecule has 0 bridgehead atoms. The number of anilines is 1. The van der Waals surface area contributed by atoms with E-state index in [4.69, 9.17) is 5.11 Å². The Morgan fingerprint density at radius 3 is 3.27 bits per heavy atom. The zero-order valence-corrected chi connectivity index (χ0v) is 15.6. The quantitative estimate of drug-likeness (QED) is 0.677. The zero-order valence-electron chi connectivity index (χ0n) is 14.8. The number of aliphatic hydroxyl groups excluding tert-OH is 1. The summed E-state index contributed by atoms with van der Waals surface area (Å²) in [6, 6.07) is 0. The number of rotatable bonds is 5. The molecule has 7 nitrogen and oxygen atoms in total. The number of aliphatic hydroxyl groups is 1. The number of nitrogens with zero attached hydrogens (tertiary/aromatic N) is 3. The number of hydrogen-bond donors (Lipinski definition) is 3. The number of hydrogen-bond acceptors (Lipinski definition) is 7. The van der Waals surface area contributed by atoms with Crippen molar-refractivity contribution < 1.29 is 9.90 Å². The van der Waals surface area contributed by atoms with Gasteiger partial charge in [-0.15, -0.1) is 11.3 Å². The summed E-state index contributed by atoms with van der Waals surface area (Å²) in [6.45, 7) is 4.16. The van der Waals surface area contributed by atoms with Crippen LogP contribution in [0.5, 0.6) is 0 Å². The Morgan fingerprint density at radius 2 is 2.38 bits per heavy atom. The van der Waals surface area contributed by atoms with Gasteiger partial charge >= 0.3 is 0 Å². The van der Waals surface area contributed by atoms with Crippen molar-refractivity contribution in [2.24, 2.45) is 5.92 Å². The molecular formula is C18H25N5O2S. The number of carbonyl (C=O) groups excluding carboxylic acids is 1. The first-order valence-electron chi connectivity index (χ1n) is 9.37. The van der Waals surface area contributed by atoms with Crippen molar-refractivity contribution >= 4 is 33.3 Å². The summed E-state index contributed by atoms with van der Waals surface area (Å²) in [4.78, 5) is 26.2. The molecule has 2 aliphatic heterocycles. The van der Waals surface area contributed by atoms with E-state index in [1.165, 1.54) is 15.8 Å². The minimum absolute atomic E-state index is 0.0245. The Hall–Kier alpha value is -1.77. The van der Waals surface area contributed by atoms with Crippen molar-refractivity contribution in [1.82, 2.24) is 20.6 Å². The van der Waals surface area contributed by atoms with Crippen LogP contribution in [0.3, 0.4) is 0 Å². The lowest BCUT2D eigenvalue weighted by atomic mass is 9.96. The second-order valence-electron chi connectivity index (χ2n) is 6.96. The third-order valence-corrected chi connectivity index (χ3v) is 6.35. The number of piperidine rings is 1. The molecule has 0 saturated carbocycles. The molecule has 3 N–H and O–H groups in total. The SMILES string of the molecule is O=C(NCCCO)[C@@H]1CCCN(c2ncnc3sc4c(c23)CCNC4)C1. The van der Waals surface area contributed by atoms with Crippen LogP contribution < -0.4 is 15.5 Å². The van der Waals surface area contributed by atoms with E-state index in [9.17, 15) is 4.79 Å². The van der Waals surface area contributed by atoms with Crippen LogP contribution in [0.15, 0.2) is 6.33 Å². The summed E-state index contributed by atoms with van der Waals surface area (Å²) in [7, 11) is 0. The van der Waals surface area contributed by atoms with Crippen molar-refractivity contribution in [3.05, 3.63) is 16.8 Å². The highest BCUT2D eigenvalue weighted by Crippen LogP contribution is 2.37. The standard InChI is InChI=1S/C18H25N5O2S/c24-8-2-5-20-17(25)12-3-1-7-23(10-12)16-15-13-4-6-19-9-14(13)26-18(15)22-11-21-16/h11-12,19,24H,1-10H2,(H,20,25)/t12-/m1/s1. The third-order valence-electron chi connectivity index (χ3n) is 5.21. The Bertz CT molecular complexity index is 793. The highest BCUT2D eigenvalue weighted by Gasteiger charge is 2.29. The molecule has 140 valence electrons. The first-order chi connectivity index (χ1) is 12.8. The van der Waals surface area contributed by atoms with E-state index < -0.39 is 0 Å². The average molecular weight is 375 g/mol. The van der Waals surface area contributed by atoms with Crippen LogP contribution in [0.25, 0.3) is 10.2 Å². The number of aromatic nitrogens is 2. The van der Waals surface area contributed by atoms with E-state index in [1.54, 1.807) is 17.7 Å². The van der Waals surface area contributed by atoms with Gasteiger partial charge in [0.15, 0.2) is 0 Å². The van der Waals surface area contributed by atoms with E-state index in [2.05, 4.69) is 25.5 Å². The van der Waals surface area contributed by atoms with E-state index >= 15 is 0 Å². The van der Waals surface area contributed by atoms with Gasteiger partial charge in [-0.05, 0) is 37.8 Å². The highest BCUT2D eigenvalue weighted by molar-refractivity contribution is 7.19. The van der Waals surface area contributed by atoms with Gasteiger partial charge in [0, 0.05) is 37.7 Å². The Labute approximate surface area is 156 Å². The summed E-state index contributed by atoms with van der Waals surface area (Å²) in [5, 5.41) is 16.4. The smallest absolute Gasteiger partial charge is 0.224 e. The minimum atomic E-state index is -0.0245. The number of fused-ring (bicyclic) bond motifs is 3. The summed E-state index contributed by atoms with van der Waals surface area (Å²) in [5.41, 5.74) is 1.38. The van der Waals surface area contributed by atoms with Gasteiger partial charge in [-0.1, -0.05) is 0 Å². The highest BCUT2D eigenvalue weighted by atomic mass is 32.1. The molecule has 2 aromatic rings. The maximum absolute atomic E-state index is 12.4. The average Bonchev–Trinajstić information content (AvgIpc) is 3.07. The van der Waals surface area contributed by atoms with Crippen LogP contribution in [0, 0.1) is 5.92 Å². The molecule has 0 aliphatic carbocycles. The Morgan fingerprint density at radius 1 is 1.46 bits per heavy atom. The van der Waals surface area contributed by atoms with Crippen LogP contribution in [0.4, 0.5) is 5.82 Å². The van der Waals surface area contributed by atoms with Crippen molar-refractivity contribution in [1.29, 1.82) is 0 Å². The monoisotopic (exact) mass is 375 g/mol. The molecule has 1 atom stereocenters. The molecule has 2 aliphatic rings. The van der Waals surface area contributed by atoms with Gasteiger partial charge in [-0.25, -0.2) is 9.97 Å². The fraction of sp³-hybridized carbons (Fsp3) is 0.611. The summed E-state index contributed by atoms with van der Waals surface area (Å²) < 4.78 is 0. The second kappa shape index (κ2) is 7.85. The Kier molecular flexibility index (Phi) is 5.33. The molecule has 26 heavy (non-hydrogen) atoms. The summed E-state index contributed by atoms with van der Waals surface area (Å²) >= 11 is 1.76. The van der Waals surface area contributed by atoms with Crippen LogP contribution >= 0.6 is 11.3 Å². The van der Waals surface area contributed by atoms with Crippen molar-refractivity contribution in [3.8, 4) is 0 Å². The summed E-state index contributed by atoms with van der Waals surface area (Å²) in [5.74, 6) is 1.05. The second-order valence-corrected chi connectivity index (χ2v) is 8.04. The minimum Gasteiger partial charge on any atom is -0.396 e. The molecule has 0 aromatic carbocycles. The number of carbonyl (C=O) groups is 1. The molecule has 4 rings (SSSR count). The fourth-order valence-electron chi connectivity index (χ4n) is 3.90. The molecule has 0 radical (unpaired) electrons. The molecule has 1 amide bonds. The molecule has 1 saturated heterocycles. The van der Waals surface area contributed by atoms with E-state index in [-0.39, 0.29) is 18.4 Å². The molecule has 1 fully saturated rings. The Balaban J connectivity index is 1.57. The maximum Gasteiger partial charge on any atom is 0.224 e. The van der Waals surface area contributed by atoms with Crippen molar-refractivity contribution in [3.63, 3.8) is 0 Å². The van der Waals surface area contributed by atoms with Crippen LogP contribution in [-0.2, 0) is 17.8 Å². The fourth-order valence-corrected chi connectivity index (χ4v) is 5.05. The zero-order chi connectivity index (χ0) is 17.9. The number of nitrogens with one attached hydrogen (secondary N) is 2. The molecule has 8 heteroatoms. The first kappa shape index (κ1) is 17.6. The van der Waals surface area contributed by atoms with Gasteiger partial charge in [-0.2, -0.15) is 0 Å². The lowest BCUT2D eigenvalue weighted by molar-refractivity contribution is -0.125. The van der Waals surface area contributed by atoms with Gasteiger partial charge in [0.25, 0.3) is 0 Å². The molecular weight excluding hydrogens is 350 g/mol. The predicted molar refractivity (Wildman–Crippen MR) is 102 cm³/mol. The van der Waals surface area contributed by atoms with Gasteiger partial charge in [-0.3, -0.25) is 4.79 Å². The first-order valence-corrected chi connectivity index (χ1v) is 10.2. The van der Waals surface area contributed by atoms with E-state index in [1.807, 2.05) is 0 Å². The molecule has 0 unspecified atom stereocenters. The van der Waals surface area contributed by atoms with Crippen molar-refractivity contribution in [2.45, 2.75) is 32.2 Å². The van der Waals surface area contributed by atoms with Gasteiger partial charge < -0.3 is 20.6 Å². The number of amides is 1. The third kappa shape index (κ3) is 3.41. The maximum atomic E-state index is 12.4. The molecule has 0 spiro atoms. The van der Waals surface area contributed by atoms with Crippen LogP contribution in [0.1, 0.15) is 29.7 Å². The molecule has 2 aromatic heterocycles. The number of thiophene rings is 1. The van der Waals surface area contributed by atoms with Crippen LogP contribution in [-0.4, -0.2) is 53.8 Å². The van der Waals surface area contributed by atoms with Crippen molar-refractivity contribution in [2.75, 3.05) is 37.7 Å².